The third-order valence-corrected chi connectivity index (χ3v) is 12.1. The number of rotatable bonds is 9. The van der Waals surface area contributed by atoms with Crippen LogP contribution in [0.3, 0.4) is 0 Å². The summed E-state index contributed by atoms with van der Waals surface area (Å²) in [5.41, 5.74) is 2.38. The molecule has 2 saturated heterocycles. The molecule has 0 bridgehead atoms. The Bertz CT molecular complexity index is 1250. The number of hydroxylamine groups is 1. The maximum absolute atomic E-state index is 13.5. The largest absolute Gasteiger partial charge is 0.303 e. The highest BCUT2D eigenvalue weighted by Crippen LogP contribution is 2.33. The molecule has 1 amide bonds. The fourth-order valence-electron chi connectivity index (χ4n) is 4.68. The van der Waals surface area contributed by atoms with Crippen molar-refractivity contribution >= 4 is 49.7 Å². The Labute approximate surface area is 228 Å². The molecule has 0 radical (unpaired) electrons. The van der Waals surface area contributed by atoms with Crippen LogP contribution >= 0.6 is 23.7 Å². The van der Waals surface area contributed by atoms with Crippen LogP contribution in [0.2, 0.25) is 0 Å². The van der Waals surface area contributed by atoms with E-state index in [2.05, 4.69) is 4.90 Å². The van der Waals surface area contributed by atoms with Crippen molar-refractivity contribution in [2.75, 3.05) is 45.0 Å². The minimum Gasteiger partial charge on any atom is -0.303 e. The van der Waals surface area contributed by atoms with Crippen LogP contribution in [0.25, 0.3) is 10.4 Å². The van der Waals surface area contributed by atoms with E-state index in [4.69, 9.17) is 0 Å². The summed E-state index contributed by atoms with van der Waals surface area (Å²) >= 11 is 1.08. The lowest BCUT2D eigenvalue weighted by Crippen LogP contribution is -2.61. The van der Waals surface area contributed by atoms with E-state index in [-0.39, 0.29) is 42.0 Å². The molecule has 4 rings (SSSR count). The second-order valence-corrected chi connectivity index (χ2v) is 14.3. The van der Waals surface area contributed by atoms with Crippen LogP contribution in [0.5, 0.6) is 0 Å². The normalized spacial score (nSPS) is 20.3. The van der Waals surface area contributed by atoms with Gasteiger partial charge in [0, 0.05) is 24.5 Å². The van der Waals surface area contributed by atoms with Gasteiger partial charge in [0.1, 0.15) is 10.3 Å². The zero-order valence-corrected chi connectivity index (χ0v) is 23.6. The molecule has 1 aromatic heterocycles. The van der Waals surface area contributed by atoms with Crippen molar-refractivity contribution in [3.8, 4) is 10.4 Å². The van der Waals surface area contributed by atoms with Gasteiger partial charge in [-0.05, 0) is 56.6 Å². The fraction of sp³-hybridized carbons (Fsp3) is 0.522. The molecule has 0 aliphatic carbocycles. The average Bonchev–Trinajstić information content (AvgIpc) is 3.40. The van der Waals surface area contributed by atoms with E-state index in [1.807, 2.05) is 30.3 Å². The van der Waals surface area contributed by atoms with Crippen molar-refractivity contribution in [1.29, 1.82) is 0 Å². The molecule has 1 unspecified atom stereocenters. The first-order valence-corrected chi connectivity index (χ1v) is 15.9. The second kappa shape index (κ2) is 13.0. The van der Waals surface area contributed by atoms with Gasteiger partial charge in [-0.1, -0.05) is 36.8 Å². The fourth-order valence-corrected chi connectivity index (χ4v) is 9.18. The van der Waals surface area contributed by atoms with Gasteiger partial charge in [-0.25, -0.2) is 22.3 Å². The number of sulfonamides is 2. The Hall–Kier alpha value is -1.58. The monoisotopic (exact) mass is 592 g/mol. The highest BCUT2D eigenvalue weighted by atomic mass is 35.5. The standard InChI is InChI=1S/C23H32N4O6S3.ClH/c28-23(24-29)20-18-26(35(30,31)17-7-14-25-12-5-2-6-13-25)15-16-27(20)36(32,33)22-11-10-21(34-22)19-8-3-1-4-9-19;/h1,3-4,8-11,20,29H,2,5-7,12-18H2,(H,24,28);1H. The molecule has 37 heavy (non-hydrogen) atoms. The average molecular weight is 593 g/mol. The Morgan fingerprint density at radius 3 is 2.35 bits per heavy atom. The van der Waals surface area contributed by atoms with E-state index in [1.54, 1.807) is 6.07 Å². The Balaban J connectivity index is 0.00000380. The zero-order chi connectivity index (χ0) is 25.8. The van der Waals surface area contributed by atoms with E-state index in [0.29, 0.717) is 13.0 Å². The first kappa shape index (κ1) is 30.0. The molecular formula is C23H33ClN4O6S3. The summed E-state index contributed by atoms with van der Waals surface area (Å²) in [5, 5.41) is 9.28. The number of thiophene rings is 1. The number of nitrogens with one attached hydrogen (secondary N) is 1. The molecule has 0 saturated carbocycles. The summed E-state index contributed by atoms with van der Waals surface area (Å²) in [7, 11) is -7.80. The van der Waals surface area contributed by atoms with Gasteiger partial charge in [-0.3, -0.25) is 10.0 Å². The third kappa shape index (κ3) is 7.09. The van der Waals surface area contributed by atoms with Crippen molar-refractivity contribution in [3.05, 3.63) is 42.5 Å². The summed E-state index contributed by atoms with van der Waals surface area (Å²) in [6.45, 7) is 2.04. The van der Waals surface area contributed by atoms with E-state index in [1.165, 1.54) is 22.3 Å². The topological polar surface area (TPSA) is 127 Å². The number of piperidine rings is 1. The van der Waals surface area contributed by atoms with Crippen LogP contribution in [0.4, 0.5) is 0 Å². The number of nitrogens with zero attached hydrogens (tertiary/aromatic N) is 3. The minimum atomic E-state index is -4.10. The Morgan fingerprint density at radius 2 is 1.68 bits per heavy atom. The molecule has 2 aliphatic rings. The smallest absolute Gasteiger partial charge is 0.263 e. The van der Waals surface area contributed by atoms with E-state index < -0.39 is 32.0 Å². The first-order chi connectivity index (χ1) is 17.2. The minimum absolute atomic E-state index is 0. The molecule has 14 heteroatoms. The molecule has 10 nitrogen and oxygen atoms in total. The summed E-state index contributed by atoms with van der Waals surface area (Å²) in [6.07, 6.45) is 3.92. The number of carbonyl (C=O) groups excluding carboxylic acids is 1. The van der Waals surface area contributed by atoms with E-state index >= 15 is 0 Å². The van der Waals surface area contributed by atoms with Gasteiger partial charge >= 0.3 is 0 Å². The van der Waals surface area contributed by atoms with E-state index in [9.17, 15) is 26.8 Å². The molecule has 2 fully saturated rings. The van der Waals surface area contributed by atoms with Crippen molar-refractivity contribution in [2.45, 2.75) is 35.9 Å². The summed E-state index contributed by atoms with van der Waals surface area (Å²) in [5.74, 6) is -1.04. The maximum atomic E-state index is 13.5. The van der Waals surface area contributed by atoms with Crippen molar-refractivity contribution in [1.82, 2.24) is 19.0 Å². The van der Waals surface area contributed by atoms with Crippen LogP contribution in [0.15, 0.2) is 46.7 Å². The maximum Gasteiger partial charge on any atom is 0.263 e. The number of piperazine rings is 1. The number of halogens is 1. The predicted molar refractivity (Wildman–Crippen MR) is 145 cm³/mol. The molecule has 1 atom stereocenters. The number of carbonyl (C=O) groups is 1. The quantitative estimate of drug-likeness (QED) is 0.338. The van der Waals surface area contributed by atoms with Gasteiger partial charge < -0.3 is 4.90 Å². The van der Waals surface area contributed by atoms with Crippen molar-refractivity contribution < 1.29 is 26.8 Å². The van der Waals surface area contributed by atoms with Crippen LogP contribution < -0.4 is 5.48 Å². The number of hydrogen-bond acceptors (Lipinski definition) is 8. The molecule has 3 heterocycles. The van der Waals surface area contributed by atoms with Crippen molar-refractivity contribution in [3.63, 3.8) is 0 Å². The highest BCUT2D eigenvalue weighted by Gasteiger charge is 2.43. The highest BCUT2D eigenvalue weighted by molar-refractivity contribution is 7.91. The number of likely N-dealkylation sites (tertiary alicyclic amines) is 1. The van der Waals surface area contributed by atoms with Crippen LogP contribution in [-0.2, 0) is 24.8 Å². The summed E-state index contributed by atoms with van der Waals surface area (Å²) in [4.78, 5) is 15.5. The Morgan fingerprint density at radius 1 is 0.973 bits per heavy atom. The SMILES string of the molecule is Cl.O=C(NO)C1CN(S(=O)(=O)CCCN2CCCCC2)CCN1S(=O)(=O)c1ccc(-c2ccccc2)s1. The van der Waals surface area contributed by atoms with Crippen LogP contribution in [-0.4, -0.2) is 92.5 Å². The summed E-state index contributed by atoms with van der Waals surface area (Å²) in [6, 6.07) is 11.1. The first-order valence-electron chi connectivity index (χ1n) is 12.0. The third-order valence-electron chi connectivity index (χ3n) is 6.63. The molecule has 206 valence electrons. The van der Waals surface area contributed by atoms with Gasteiger partial charge in [-0.2, -0.15) is 8.61 Å². The predicted octanol–water partition coefficient (Wildman–Crippen LogP) is 2.22. The van der Waals surface area contributed by atoms with Gasteiger partial charge in [0.15, 0.2) is 0 Å². The lowest BCUT2D eigenvalue weighted by molar-refractivity contribution is -0.134. The number of amides is 1. The van der Waals surface area contributed by atoms with Gasteiger partial charge in [-0.15, -0.1) is 23.7 Å². The van der Waals surface area contributed by atoms with Gasteiger partial charge in [0.25, 0.3) is 15.9 Å². The second-order valence-electron chi connectivity index (χ2n) is 9.02. The van der Waals surface area contributed by atoms with Crippen LogP contribution in [0, 0.1) is 0 Å². The number of hydrogen-bond donors (Lipinski definition) is 2. The van der Waals surface area contributed by atoms with Gasteiger partial charge in [0.2, 0.25) is 10.0 Å². The lowest BCUT2D eigenvalue weighted by atomic mass is 10.1. The van der Waals surface area contributed by atoms with Gasteiger partial charge in [0.05, 0.1) is 5.75 Å². The Kier molecular flexibility index (Phi) is 10.5. The molecule has 2 aromatic rings. The zero-order valence-electron chi connectivity index (χ0n) is 20.4. The van der Waals surface area contributed by atoms with Crippen molar-refractivity contribution in [2.24, 2.45) is 0 Å². The summed E-state index contributed by atoms with van der Waals surface area (Å²) < 4.78 is 55.2. The molecule has 0 spiro atoms. The van der Waals surface area contributed by atoms with Crippen LogP contribution in [0.1, 0.15) is 25.7 Å². The lowest BCUT2D eigenvalue weighted by Gasteiger charge is -2.38. The number of benzene rings is 1. The molecular weight excluding hydrogens is 560 g/mol. The molecule has 2 N–H and O–H groups in total. The molecule has 2 aliphatic heterocycles. The van der Waals surface area contributed by atoms with E-state index in [0.717, 1.165) is 52.0 Å². The molecule has 1 aromatic carbocycles.